The van der Waals surface area contributed by atoms with Crippen LogP contribution in [-0.2, 0) is 6.42 Å². The van der Waals surface area contributed by atoms with Gasteiger partial charge in [0, 0.05) is 25.6 Å². The van der Waals surface area contributed by atoms with E-state index >= 15 is 0 Å². The average Bonchev–Trinajstić information content (AvgIpc) is 3.18. The molecule has 2 aliphatic heterocycles. The van der Waals surface area contributed by atoms with Gasteiger partial charge in [0.05, 0.1) is 6.04 Å². The first kappa shape index (κ1) is 14.0. The minimum atomic E-state index is 0.252. The highest BCUT2D eigenvalue weighted by Gasteiger charge is 2.30. The van der Waals surface area contributed by atoms with Gasteiger partial charge in [-0.2, -0.15) is 4.98 Å². The van der Waals surface area contributed by atoms with E-state index in [9.17, 15) is 0 Å². The molecule has 2 saturated heterocycles. The van der Waals surface area contributed by atoms with E-state index in [2.05, 4.69) is 33.8 Å². The number of hydrogen-bond donors (Lipinski definition) is 0. The van der Waals surface area contributed by atoms with E-state index in [1.54, 1.807) is 0 Å². The first-order chi connectivity index (χ1) is 9.78. The van der Waals surface area contributed by atoms with E-state index in [1.807, 2.05) is 0 Å². The number of aryl methyl sites for hydroxylation is 1. The predicted octanol–water partition coefficient (Wildman–Crippen LogP) is 2.25. The highest BCUT2D eigenvalue weighted by molar-refractivity contribution is 4.94. The zero-order valence-corrected chi connectivity index (χ0v) is 12.7. The van der Waals surface area contributed by atoms with Crippen molar-refractivity contribution in [1.82, 2.24) is 19.9 Å². The summed E-state index contributed by atoms with van der Waals surface area (Å²) in [5.41, 5.74) is 0. The molecule has 3 heterocycles. The smallest absolute Gasteiger partial charge is 0.243 e. The molecule has 0 N–H and O–H groups in total. The molecule has 0 amide bonds. The number of piperidine rings is 1. The van der Waals surface area contributed by atoms with Crippen molar-refractivity contribution in [2.75, 3.05) is 26.2 Å². The van der Waals surface area contributed by atoms with Crippen molar-refractivity contribution in [3.05, 3.63) is 11.7 Å². The molecular formula is C15H26N4O. The molecule has 0 radical (unpaired) electrons. The zero-order chi connectivity index (χ0) is 13.9. The molecule has 0 unspecified atom stereocenters. The molecule has 1 aromatic heterocycles. The van der Waals surface area contributed by atoms with Crippen LogP contribution in [0.15, 0.2) is 4.52 Å². The standard InChI is InChI=1S/C15H26N4O/c1-3-14-16-15(20-17-14)12(2)18-10-6-13(7-11-18)19-8-4-5-9-19/h12-13H,3-11H2,1-2H3/t12-/m1/s1. The van der Waals surface area contributed by atoms with Crippen molar-refractivity contribution in [2.45, 2.75) is 58.0 Å². The maximum Gasteiger partial charge on any atom is 0.243 e. The van der Waals surface area contributed by atoms with Crippen LogP contribution in [0.25, 0.3) is 0 Å². The summed E-state index contributed by atoms with van der Waals surface area (Å²) in [5.74, 6) is 1.60. The third-order valence-corrected chi connectivity index (χ3v) is 4.86. The maximum atomic E-state index is 5.38. The second-order valence-corrected chi connectivity index (χ2v) is 6.09. The van der Waals surface area contributed by atoms with E-state index in [-0.39, 0.29) is 6.04 Å². The summed E-state index contributed by atoms with van der Waals surface area (Å²) in [4.78, 5) is 9.64. The third kappa shape index (κ3) is 2.88. The Kier molecular flexibility index (Phi) is 4.36. The molecule has 5 heteroatoms. The van der Waals surface area contributed by atoms with Gasteiger partial charge in [0.2, 0.25) is 5.89 Å². The number of aromatic nitrogens is 2. The van der Waals surface area contributed by atoms with E-state index in [0.717, 1.165) is 37.3 Å². The molecule has 0 spiro atoms. The second-order valence-electron chi connectivity index (χ2n) is 6.09. The summed E-state index contributed by atoms with van der Waals surface area (Å²) in [6, 6.07) is 1.05. The van der Waals surface area contributed by atoms with Crippen molar-refractivity contribution in [3.63, 3.8) is 0 Å². The van der Waals surface area contributed by atoms with Crippen LogP contribution in [0.2, 0.25) is 0 Å². The first-order valence-electron chi connectivity index (χ1n) is 8.08. The van der Waals surface area contributed by atoms with Crippen LogP contribution in [0.5, 0.6) is 0 Å². The van der Waals surface area contributed by atoms with Gasteiger partial charge in [0.15, 0.2) is 5.82 Å². The first-order valence-corrected chi connectivity index (χ1v) is 8.08. The normalized spacial score (nSPS) is 24.3. The summed E-state index contributed by atoms with van der Waals surface area (Å²) in [6.45, 7) is 9.15. The predicted molar refractivity (Wildman–Crippen MR) is 77.5 cm³/mol. The Morgan fingerprint density at radius 1 is 1.20 bits per heavy atom. The lowest BCUT2D eigenvalue weighted by molar-refractivity contribution is 0.0891. The molecule has 3 rings (SSSR count). The van der Waals surface area contributed by atoms with Gasteiger partial charge in [-0.1, -0.05) is 12.1 Å². The molecule has 0 saturated carbocycles. The minimum Gasteiger partial charge on any atom is -0.338 e. The van der Waals surface area contributed by atoms with Gasteiger partial charge in [0.25, 0.3) is 0 Å². The second kappa shape index (κ2) is 6.22. The SMILES string of the molecule is CCc1noc([C@@H](C)N2CCC(N3CCCC3)CC2)n1. The molecule has 1 aromatic rings. The van der Waals surface area contributed by atoms with Gasteiger partial charge >= 0.3 is 0 Å². The molecular weight excluding hydrogens is 252 g/mol. The van der Waals surface area contributed by atoms with Crippen LogP contribution >= 0.6 is 0 Å². The molecule has 2 aliphatic rings. The van der Waals surface area contributed by atoms with Gasteiger partial charge in [0.1, 0.15) is 0 Å². The Labute approximate surface area is 121 Å². The van der Waals surface area contributed by atoms with Crippen LogP contribution in [0.4, 0.5) is 0 Å². The highest BCUT2D eigenvalue weighted by atomic mass is 16.5. The zero-order valence-electron chi connectivity index (χ0n) is 12.7. The lowest BCUT2D eigenvalue weighted by atomic mass is 10.0. The average molecular weight is 278 g/mol. The summed E-state index contributed by atoms with van der Waals surface area (Å²) in [6.07, 6.45) is 6.17. The van der Waals surface area contributed by atoms with E-state index in [0.29, 0.717) is 0 Å². The number of likely N-dealkylation sites (tertiary alicyclic amines) is 2. The van der Waals surface area contributed by atoms with Gasteiger partial charge < -0.3 is 9.42 Å². The lowest BCUT2D eigenvalue weighted by Gasteiger charge is -2.38. The molecule has 0 aromatic carbocycles. The summed E-state index contributed by atoms with van der Waals surface area (Å²) < 4.78 is 5.38. The van der Waals surface area contributed by atoms with Gasteiger partial charge in [-0.25, -0.2) is 0 Å². The fourth-order valence-corrected chi connectivity index (χ4v) is 3.48. The van der Waals surface area contributed by atoms with Crippen molar-refractivity contribution >= 4 is 0 Å². The van der Waals surface area contributed by atoms with Crippen LogP contribution in [0.3, 0.4) is 0 Å². The van der Waals surface area contributed by atoms with E-state index in [4.69, 9.17) is 4.52 Å². The van der Waals surface area contributed by atoms with Gasteiger partial charge in [-0.3, -0.25) is 4.90 Å². The van der Waals surface area contributed by atoms with Crippen molar-refractivity contribution in [3.8, 4) is 0 Å². The number of rotatable bonds is 4. The largest absolute Gasteiger partial charge is 0.338 e. The van der Waals surface area contributed by atoms with Crippen LogP contribution in [-0.4, -0.2) is 52.2 Å². The van der Waals surface area contributed by atoms with Crippen LogP contribution in [0, 0.1) is 0 Å². The Bertz CT molecular complexity index is 419. The lowest BCUT2D eigenvalue weighted by Crippen LogP contribution is -2.44. The number of nitrogens with zero attached hydrogens (tertiary/aromatic N) is 4. The topological polar surface area (TPSA) is 45.4 Å². The van der Waals surface area contributed by atoms with E-state index in [1.165, 1.54) is 38.8 Å². The monoisotopic (exact) mass is 278 g/mol. The van der Waals surface area contributed by atoms with Crippen molar-refractivity contribution in [1.29, 1.82) is 0 Å². The van der Waals surface area contributed by atoms with Crippen LogP contribution < -0.4 is 0 Å². The fourth-order valence-electron chi connectivity index (χ4n) is 3.48. The fraction of sp³-hybridized carbons (Fsp3) is 0.867. The Morgan fingerprint density at radius 2 is 1.90 bits per heavy atom. The quantitative estimate of drug-likeness (QED) is 0.845. The number of hydrogen-bond acceptors (Lipinski definition) is 5. The maximum absolute atomic E-state index is 5.38. The van der Waals surface area contributed by atoms with E-state index < -0.39 is 0 Å². The molecule has 20 heavy (non-hydrogen) atoms. The molecule has 1 atom stereocenters. The molecule has 0 aliphatic carbocycles. The molecule has 0 bridgehead atoms. The Balaban J connectivity index is 1.54. The molecule has 2 fully saturated rings. The molecule has 112 valence electrons. The van der Waals surface area contributed by atoms with Gasteiger partial charge in [-0.05, 0) is 45.7 Å². The van der Waals surface area contributed by atoms with Gasteiger partial charge in [-0.15, -0.1) is 0 Å². The summed E-state index contributed by atoms with van der Waals surface area (Å²) in [7, 11) is 0. The Morgan fingerprint density at radius 3 is 2.50 bits per heavy atom. The molecule has 5 nitrogen and oxygen atoms in total. The van der Waals surface area contributed by atoms with Crippen molar-refractivity contribution in [2.24, 2.45) is 0 Å². The third-order valence-electron chi connectivity index (χ3n) is 4.86. The summed E-state index contributed by atoms with van der Waals surface area (Å²) >= 11 is 0. The van der Waals surface area contributed by atoms with Crippen LogP contribution in [0.1, 0.15) is 57.3 Å². The minimum absolute atomic E-state index is 0.252. The summed E-state index contributed by atoms with van der Waals surface area (Å²) in [5, 5.41) is 4.01. The van der Waals surface area contributed by atoms with Crippen molar-refractivity contribution < 1.29 is 4.52 Å². The Hall–Kier alpha value is -0.940. The highest BCUT2D eigenvalue weighted by Crippen LogP contribution is 2.26.